The van der Waals surface area contributed by atoms with E-state index in [0.717, 1.165) is 5.69 Å². The number of anilines is 1. The summed E-state index contributed by atoms with van der Waals surface area (Å²) >= 11 is 0. The van der Waals surface area contributed by atoms with Crippen LogP contribution in [0, 0.1) is 0 Å². The van der Waals surface area contributed by atoms with Gasteiger partial charge in [0.05, 0.1) is 19.8 Å². The Labute approximate surface area is 119 Å². The SMILES string of the molecule is COc1cccc(NC(=O)[C@H]2NCCO[C@@H]2C)c1.Cl. The molecule has 2 N–H and O–H groups in total. The molecule has 5 nitrogen and oxygen atoms in total. The van der Waals surface area contributed by atoms with Gasteiger partial charge in [0.2, 0.25) is 5.91 Å². The molecule has 19 heavy (non-hydrogen) atoms. The standard InChI is InChI=1S/C13H18N2O3.ClH/c1-9-12(14-6-7-18-9)13(16)15-10-4-3-5-11(8-10)17-2;/h3-5,8-9,12,14H,6-7H2,1-2H3,(H,15,16);1H/t9-,12+;/m1./s1. The molecule has 0 saturated carbocycles. The fourth-order valence-corrected chi connectivity index (χ4v) is 1.95. The summed E-state index contributed by atoms with van der Waals surface area (Å²) in [6.07, 6.45) is -0.121. The van der Waals surface area contributed by atoms with Gasteiger partial charge in [-0.2, -0.15) is 0 Å². The Morgan fingerprint density at radius 2 is 2.32 bits per heavy atom. The number of methoxy groups -OCH3 is 1. The second-order valence-electron chi connectivity index (χ2n) is 4.23. The largest absolute Gasteiger partial charge is 0.497 e. The molecule has 2 atom stereocenters. The Kier molecular flexibility index (Phi) is 6.08. The molecule has 1 aliphatic rings. The molecule has 0 spiro atoms. The predicted octanol–water partition coefficient (Wildman–Crippen LogP) is 1.43. The highest BCUT2D eigenvalue weighted by atomic mass is 35.5. The molecular formula is C13H19ClN2O3. The summed E-state index contributed by atoms with van der Waals surface area (Å²) < 4.78 is 10.6. The van der Waals surface area contributed by atoms with Gasteiger partial charge in [-0.3, -0.25) is 4.79 Å². The van der Waals surface area contributed by atoms with Crippen LogP contribution in [0.1, 0.15) is 6.92 Å². The van der Waals surface area contributed by atoms with E-state index in [1.54, 1.807) is 13.2 Å². The molecule has 1 saturated heterocycles. The highest BCUT2D eigenvalue weighted by Crippen LogP contribution is 2.17. The molecule has 0 radical (unpaired) electrons. The van der Waals surface area contributed by atoms with E-state index < -0.39 is 0 Å². The summed E-state index contributed by atoms with van der Waals surface area (Å²) in [5, 5.41) is 6.00. The van der Waals surface area contributed by atoms with Crippen molar-refractivity contribution in [3.63, 3.8) is 0 Å². The maximum atomic E-state index is 12.1. The van der Waals surface area contributed by atoms with E-state index in [2.05, 4.69) is 10.6 Å². The zero-order valence-corrected chi connectivity index (χ0v) is 11.8. The van der Waals surface area contributed by atoms with Crippen LogP contribution in [0.15, 0.2) is 24.3 Å². The quantitative estimate of drug-likeness (QED) is 0.883. The van der Waals surface area contributed by atoms with Crippen molar-refractivity contribution >= 4 is 24.0 Å². The minimum absolute atomic E-state index is 0. The van der Waals surface area contributed by atoms with E-state index in [9.17, 15) is 4.79 Å². The van der Waals surface area contributed by atoms with Crippen molar-refractivity contribution in [1.82, 2.24) is 5.32 Å². The number of rotatable bonds is 3. The molecule has 1 aromatic rings. The summed E-state index contributed by atoms with van der Waals surface area (Å²) in [7, 11) is 1.60. The third kappa shape index (κ3) is 4.09. The zero-order chi connectivity index (χ0) is 13.0. The van der Waals surface area contributed by atoms with Gasteiger partial charge in [0.1, 0.15) is 11.8 Å². The lowest BCUT2D eigenvalue weighted by molar-refractivity contribution is -0.123. The summed E-state index contributed by atoms with van der Waals surface area (Å²) in [6.45, 7) is 3.23. The lowest BCUT2D eigenvalue weighted by atomic mass is 10.1. The van der Waals surface area contributed by atoms with Crippen LogP contribution in [0.5, 0.6) is 5.75 Å². The second-order valence-corrected chi connectivity index (χ2v) is 4.23. The van der Waals surface area contributed by atoms with Crippen LogP contribution < -0.4 is 15.4 Å². The van der Waals surface area contributed by atoms with Crippen LogP contribution in [0.4, 0.5) is 5.69 Å². The third-order valence-electron chi connectivity index (χ3n) is 2.94. The van der Waals surface area contributed by atoms with E-state index in [1.807, 2.05) is 25.1 Å². The molecule has 1 fully saturated rings. The Morgan fingerprint density at radius 1 is 1.53 bits per heavy atom. The minimum atomic E-state index is -0.315. The molecule has 1 amide bonds. The van der Waals surface area contributed by atoms with Gasteiger partial charge in [-0.05, 0) is 19.1 Å². The van der Waals surface area contributed by atoms with Crippen molar-refractivity contribution in [2.45, 2.75) is 19.1 Å². The first-order valence-corrected chi connectivity index (χ1v) is 6.00. The Balaban J connectivity index is 0.00000180. The van der Waals surface area contributed by atoms with Crippen LogP contribution in [-0.4, -0.2) is 38.3 Å². The monoisotopic (exact) mass is 286 g/mol. The van der Waals surface area contributed by atoms with Crippen LogP contribution in [0.3, 0.4) is 0 Å². The molecule has 1 aliphatic heterocycles. The van der Waals surface area contributed by atoms with Crippen molar-refractivity contribution in [2.24, 2.45) is 0 Å². The normalized spacial score (nSPS) is 22.2. The van der Waals surface area contributed by atoms with Crippen LogP contribution >= 0.6 is 12.4 Å². The van der Waals surface area contributed by atoms with Gasteiger partial charge < -0.3 is 20.1 Å². The fraction of sp³-hybridized carbons (Fsp3) is 0.462. The molecule has 1 heterocycles. The maximum Gasteiger partial charge on any atom is 0.244 e. The molecule has 106 valence electrons. The van der Waals surface area contributed by atoms with Crippen molar-refractivity contribution in [3.8, 4) is 5.75 Å². The molecular weight excluding hydrogens is 268 g/mol. The number of morpholine rings is 1. The van der Waals surface area contributed by atoms with Crippen LogP contribution in [0.2, 0.25) is 0 Å². The number of halogens is 1. The van der Waals surface area contributed by atoms with Gasteiger partial charge in [0.25, 0.3) is 0 Å². The van der Waals surface area contributed by atoms with Gasteiger partial charge in [-0.15, -0.1) is 12.4 Å². The van der Waals surface area contributed by atoms with E-state index >= 15 is 0 Å². The molecule has 1 aromatic carbocycles. The zero-order valence-electron chi connectivity index (χ0n) is 11.0. The average molecular weight is 287 g/mol. The fourth-order valence-electron chi connectivity index (χ4n) is 1.95. The van der Waals surface area contributed by atoms with Gasteiger partial charge in [0, 0.05) is 18.3 Å². The molecule has 6 heteroatoms. The predicted molar refractivity (Wildman–Crippen MR) is 76.1 cm³/mol. The van der Waals surface area contributed by atoms with Gasteiger partial charge in [0.15, 0.2) is 0 Å². The molecule has 0 bridgehead atoms. The first-order chi connectivity index (χ1) is 8.70. The summed E-state index contributed by atoms with van der Waals surface area (Å²) in [6, 6.07) is 6.97. The first kappa shape index (κ1) is 15.8. The summed E-state index contributed by atoms with van der Waals surface area (Å²) in [5.74, 6) is 0.629. The van der Waals surface area contributed by atoms with E-state index in [0.29, 0.717) is 18.9 Å². The van der Waals surface area contributed by atoms with Gasteiger partial charge in [-0.1, -0.05) is 6.07 Å². The highest BCUT2D eigenvalue weighted by molar-refractivity contribution is 5.95. The Bertz CT molecular complexity index is 428. The van der Waals surface area contributed by atoms with Gasteiger partial charge >= 0.3 is 0 Å². The number of hydrogen-bond donors (Lipinski definition) is 2. The number of carbonyl (C=O) groups excluding carboxylic acids is 1. The van der Waals surface area contributed by atoms with Crippen molar-refractivity contribution in [3.05, 3.63) is 24.3 Å². The van der Waals surface area contributed by atoms with Crippen LogP contribution in [-0.2, 0) is 9.53 Å². The van der Waals surface area contributed by atoms with Crippen molar-refractivity contribution < 1.29 is 14.3 Å². The number of amides is 1. The molecule has 2 rings (SSSR count). The lowest BCUT2D eigenvalue weighted by Gasteiger charge is -2.29. The van der Waals surface area contributed by atoms with E-state index in [-0.39, 0.29) is 30.5 Å². The second kappa shape index (κ2) is 7.33. The molecule has 0 aromatic heterocycles. The first-order valence-electron chi connectivity index (χ1n) is 6.00. The number of benzene rings is 1. The van der Waals surface area contributed by atoms with Crippen LogP contribution in [0.25, 0.3) is 0 Å². The minimum Gasteiger partial charge on any atom is -0.497 e. The topological polar surface area (TPSA) is 59.6 Å². The number of ether oxygens (including phenoxy) is 2. The maximum absolute atomic E-state index is 12.1. The smallest absolute Gasteiger partial charge is 0.244 e. The average Bonchev–Trinajstić information content (AvgIpc) is 2.39. The number of hydrogen-bond acceptors (Lipinski definition) is 4. The Morgan fingerprint density at radius 3 is 3.00 bits per heavy atom. The molecule has 0 unspecified atom stereocenters. The van der Waals surface area contributed by atoms with E-state index in [1.165, 1.54) is 0 Å². The van der Waals surface area contributed by atoms with Crippen molar-refractivity contribution in [2.75, 3.05) is 25.6 Å². The highest BCUT2D eigenvalue weighted by Gasteiger charge is 2.28. The molecule has 0 aliphatic carbocycles. The van der Waals surface area contributed by atoms with Gasteiger partial charge in [-0.25, -0.2) is 0 Å². The van der Waals surface area contributed by atoms with E-state index in [4.69, 9.17) is 9.47 Å². The Hall–Kier alpha value is -1.30. The number of carbonyl (C=O) groups is 1. The lowest BCUT2D eigenvalue weighted by Crippen LogP contribution is -2.53. The van der Waals surface area contributed by atoms with Crippen molar-refractivity contribution in [1.29, 1.82) is 0 Å². The summed E-state index contributed by atoms with van der Waals surface area (Å²) in [4.78, 5) is 12.1. The summed E-state index contributed by atoms with van der Waals surface area (Å²) in [5.41, 5.74) is 0.721. The number of nitrogens with one attached hydrogen (secondary N) is 2. The third-order valence-corrected chi connectivity index (χ3v) is 2.94.